The monoisotopic (exact) mass is 338 g/mol. The van der Waals surface area contributed by atoms with Crippen LogP contribution in [0, 0.1) is 17.0 Å². The standard InChI is InChI=1S/C13H15BrN4O2/c1-3-6-17-12(8-14)15-16-13(17)11-5-4-10(18(19)20)7-9(11)2/h4-5,7H,3,6,8H2,1-2H3. The van der Waals surface area contributed by atoms with Crippen LogP contribution in [0.3, 0.4) is 0 Å². The zero-order valence-corrected chi connectivity index (χ0v) is 12.9. The highest BCUT2D eigenvalue weighted by molar-refractivity contribution is 9.08. The van der Waals surface area contributed by atoms with Gasteiger partial charge in [-0.15, -0.1) is 10.2 Å². The summed E-state index contributed by atoms with van der Waals surface area (Å²) in [4.78, 5) is 10.4. The molecule has 7 heteroatoms. The van der Waals surface area contributed by atoms with Crippen molar-refractivity contribution < 1.29 is 4.92 Å². The fourth-order valence-electron chi connectivity index (χ4n) is 2.10. The summed E-state index contributed by atoms with van der Waals surface area (Å²) in [6, 6.07) is 4.80. The van der Waals surface area contributed by atoms with Gasteiger partial charge in [0.1, 0.15) is 5.82 Å². The highest BCUT2D eigenvalue weighted by Gasteiger charge is 2.16. The van der Waals surface area contributed by atoms with Crippen LogP contribution in [-0.2, 0) is 11.9 Å². The van der Waals surface area contributed by atoms with Crippen molar-refractivity contribution >= 4 is 21.6 Å². The van der Waals surface area contributed by atoms with E-state index in [0.29, 0.717) is 5.33 Å². The number of nitro benzene ring substituents is 1. The molecule has 0 fully saturated rings. The number of aryl methyl sites for hydroxylation is 1. The second-order valence-corrected chi connectivity index (χ2v) is 5.04. The quantitative estimate of drug-likeness (QED) is 0.475. The van der Waals surface area contributed by atoms with E-state index in [-0.39, 0.29) is 5.69 Å². The zero-order chi connectivity index (χ0) is 14.7. The molecule has 1 heterocycles. The maximum Gasteiger partial charge on any atom is 0.269 e. The third kappa shape index (κ3) is 2.72. The summed E-state index contributed by atoms with van der Waals surface area (Å²) in [7, 11) is 0. The molecule has 6 nitrogen and oxygen atoms in total. The van der Waals surface area contributed by atoms with Gasteiger partial charge in [-0.25, -0.2) is 0 Å². The maximum atomic E-state index is 10.8. The molecule has 20 heavy (non-hydrogen) atoms. The van der Waals surface area contributed by atoms with E-state index in [0.717, 1.165) is 35.7 Å². The van der Waals surface area contributed by atoms with E-state index in [9.17, 15) is 10.1 Å². The van der Waals surface area contributed by atoms with Crippen LogP contribution in [-0.4, -0.2) is 19.7 Å². The topological polar surface area (TPSA) is 73.8 Å². The van der Waals surface area contributed by atoms with Crippen molar-refractivity contribution in [3.8, 4) is 11.4 Å². The lowest BCUT2D eigenvalue weighted by atomic mass is 10.1. The summed E-state index contributed by atoms with van der Waals surface area (Å²) in [6.07, 6.45) is 0.969. The van der Waals surface area contributed by atoms with Crippen molar-refractivity contribution in [3.05, 3.63) is 39.7 Å². The summed E-state index contributed by atoms with van der Waals surface area (Å²) in [6.45, 7) is 4.76. The van der Waals surface area contributed by atoms with Crippen LogP contribution < -0.4 is 0 Å². The predicted molar refractivity (Wildman–Crippen MR) is 79.8 cm³/mol. The Bertz CT molecular complexity index is 639. The van der Waals surface area contributed by atoms with Gasteiger partial charge in [0.15, 0.2) is 5.82 Å². The van der Waals surface area contributed by atoms with Crippen LogP contribution in [0.5, 0.6) is 0 Å². The van der Waals surface area contributed by atoms with Gasteiger partial charge < -0.3 is 4.57 Å². The number of hydrogen-bond donors (Lipinski definition) is 0. The maximum absolute atomic E-state index is 10.8. The smallest absolute Gasteiger partial charge is 0.269 e. The first-order valence-electron chi connectivity index (χ1n) is 6.32. The number of nitro groups is 1. The molecule has 0 radical (unpaired) electrons. The minimum Gasteiger partial charge on any atom is -0.310 e. The second-order valence-electron chi connectivity index (χ2n) is 4.48. The van der Waals surface area contributed by atoms with Crippen molar-refractivity contribution in [2.75, 3.05) is 0 Å². The number of rotatable bonds is 5. The van der Waals surface area contributed by atoms with E-state index in [1.54, 1.807) is 12.1 Å². The van der Waals surface area contributed by atoms with Crippen LogP contribution in [0.4, 0.5) is 5.69 Å². The van der Waals surface area contributed by atoms with Crippen molar-refractivity contribution in [1.82, 2.24) is 14.8 Å². The second kappa shape index (κ2) is 6.13. The molecular weight excluding hydrogens is 324 g/mol. The Balaban J connectivity index is 2.51. The lowest BCUT2D eigenvalue weighted by molar-refractivity contribution is -0.384. The Labute approximate surface area is 125 Å². The average molecular weight is 339 g/mol. The number of halogens is 1. The van der Waals surface area contributed by atoms with Crippen LogP contribution in [0.2, 0.25) is 0 Å². The van der Waals surface area contributed by atoms with Gasteiger partial charge >= 0.3 is 0 Å². The first-order chi connectivity index (χ1) is 9.58. The third-order valence-electron chi connectivity index (χ3n) is 3.06. The number of alkyl halides is 1. The molecule has 0 aliphatic carbocycles. The molecule has 0 atom stereocenters. The summed E-state index contributed by atoms with van der Waals surface area (Å²) in [5.41, 5.74) is 1.79. The molecule has 0 saturated heterocycles. The molecule has 1 aromatic heterocycles. The molecule has 0 N–H and O–H groups in total. The lowest BCUT2D eigenvalue weighted by Gasteiger charge is -2.09. The molecular formula is C13H15BrN4O2. The van der Waals surface area contributed by atoms with E-state index in [1.165, 1.54) is 6.07 Å². The molecule has 0 spiro atoms. The number of non-ortho nitro benzene ring substituents is 1. The number of benzene rings is 1. The summed E-state index contributed by atoms with van der Waals surface area (Å²) < 4.78 is 2.04. The molecule has 1 aromatic carbocycles. The Morgan fingerprint density at radius 2 is 2.15 bits per heavy atom. The number of nitrogens with zero attached hydrogens (tertiary/aromatic N) is 4. The number of aromatic nitrogens is 3. The molecule has 2 rings (SSSR count). The first-order valence-corrected chi connectivity index (χ1v) is 7.44. The van der Waals surface area contributed by atoms with E-state index in [1.807, 2.05) is 11.5 Å². The molecule has 0 aliphatic heterocycles. The first kappa shape index (κ1) is 14.6. The largest absolute Gasteiger partial charge is 0.310 e. The van der Waals surface area contributed by atoms with Crippen molar-refractivity contribution in [3.63, 3.8) is 0 Å². The Morgan fingerprint density at radius 1 is 1.40 bits per heavy atom. The van der Waals surface area contributed by atoms with Gasteiger partial charge in [-0.2, -0.15) is 0 Å². The molecule has 106 valence electrons. The SMILES string of the molecule is CCCn1c(CBr)nnc1-c1ccc([N+](=O)[O-])cc1C. The molecule has 0 bridgehead atoms. The minimum absolute atomic E-state index is 0.0912. The minimum atomic E-state index is -0.391. The van der Waals surface area contributed by atoms with E-state index in [4.69, 9.17) is 0 Å². The molecule has 0 saturated carbocycles. The predicted octanol–water partition coefficient (Wildman–Crippen LogP) is 3.47. The van der Waals surface area contributed by atoms with Gasteiger partial charge in [-0.1, -0.05) is 22.9 Å². The Kier molecular flexibility index (Phi) is 4.49. The molecule has 0 aliphatic rings. The van der Waals surface area contributed by atoms with E-state index < -0.39 is 4.92 Å². The lowest BCUT2D eigenvalue weighted by Crippen LogP contribution is -2.04. The Hall–Kier alpha value is -1.76. The van der Waals surface area contributed by atoms with Crippen LogP contribution in [0.25, 0.3) is 11.4 Å². The van der Waals surface area contributed by atoms with E-state index in [2.05, 4.69) is 33.1 Å². The third-order valence-corrected chi connectivity index (χ3v) is 3.56. The molecule has 0 amide bonds. The van der Waals surface area contributed by atoms with Crippen LogP contribution >= 0.6 is 15.9 Å². The van der Waals surface area contributed by atoms with Gasteiger partial charge in [0, 0.05) is 24.2 Å². The summed E-state index contributed by atoms with van der Waals surface area (Å²) >= 11 is 3.40. The summed E-state index contributed by atoms with van der Waals surface area (Å²) in [5.74, 6) is 1.62. The number of hydrogen-bond acceptors (Lipinski definition) is 4. The van der Waals surface area contributed by atoms with Gasteiger partial charge in [-0.05, 0) is 25.0 Å². The zero-order valence-electron chi connectivity index (χ0n) is 11.3. The highest BCUT2D eigenvalue weighted by atomic mass is 79.9. The van der Waals surface area contributed by atoms with E-state index >= 15 is 0 Å². The van der Waals surface area contributed by atoms with Crippen molar-refractivity contribution in [2.45, 2.75) is 32.1 Å². The van der Waals surface area contributed by atoms with Crippen molar-refractivity contribution in [2.24, 2.45) is 0 Å². The molecule has 2 aromatic rings. The normalized spacial score (nSPS) is 10.8. The Morgan fingerprint density at radius 3 is 2.70 bits per heavy atom. The molecule has 0 unspecified atom stereocenters. The fraction of sp³-hybridized carbons (Fsp3) is 0.385. The summed E-state index contributed by atoms with van der Waals surface area (Å²) in [5, 5.41) is 19.8. The van der Waals surface area contributed by atoms with Gasteiger partial charge in [0.05, 0.1) is 10.3 Å². The van der Waals surface area contributed by atoms with Gasteiger partial charge in [0.2, 0.25) is 0 Å². The van der Waals surface area contributed by atoms with Gasteiger partial charge in [-0.3, -0.25) is 10.1 Å². The van der Waals surface area contributed by atoms with Crippen molar-refractivity contribution in [1.29, 1.82) is 0 Å². The fourth-order valence-corrected chi connectivity index (χ4v) is 2.52. The van der Waals surface area contributed by atoms with Crippen LogP contribution in [0.15, 0.2) is 18.2 Å². The van der Waals surface area contributed by atoms with Crippen LogP contribution in [0.1, 0.15) is 24.7 Å². The average Bonchev–Trinajstić information content (AvgIpc) is 2.82. The highest BCUT2D eigenvalue weighted by Crippen LogP contribution is 2.26. The van der Waals surface area contributed by atoms with Gasteiger partial charge in [0.25, 0.3) is 5.69 Å².